The molecule has 0 bridgehead atoms. The van der Waals surface area contributed by atoms with Crippen molar-refractivity contribution in [2.24, 2.45) is 0 Å². The minimum Gasteiger partial charge on any atom is -0.463 e. The van der Waals surface area contributed by atoms with Crippen LogP contribution in [0.5, 0.6) is 0 Å². The first-order chi connectivity index (χ1) is 14.9. The molecular formula is C23H29NO8. The number of ketones is 2. The van der Waals surface area contributed by atoms with E-state index in [1.165, 1.54) is 36.1 Å². The fourth-order valence-electron chi connectivity index (χ4n) is 3.19. The zero-order chi connectivity index (χ0) is 24.1. The molecule has 32 heavy (non-hydrogen) atoms. The van der Waals surface area contributed by atoms with Gasteiger partial charge in [-0.25, -0.2) is 14.4 Å². The van der Waals surface area contributed by atoms with E-state index < -0.39 is 41.6 Å². The van der Waals surface area contributed by atoms with Crippen molar-refractivity contribution in [1.29, 1.82) is 0 Å². The number of carbonyl (C=O) groups excluding carboxylic acids is 5. The van der Waals surface area contributed by atoms with Crippen LogP contribution in [0.2, 0.25) is 0 Å². The van der Waals surface area contributed by atoms with Gasteiger partial charge in [-0.05, 0) is 47.5 Å². The zero-order valence-corrected chi connectivity index (χ0v) is 19.0. The number of hydrogen-bond acceptors (Lipinski definition) is 8. The van der Waals surface area contributed by atoms with Crippen molar-refractivity contribution in [3.63, 3.8) is 0 Å². The number of esters is 2. The maximum absolute atomic E-state index is 12.9. The van der Waals surface area contributed by atoms with Crippen LogP contribution in [0.3, 0.4) is 0 Å². The van der Waals surface area contributed by atoms with Gasteiger partial charge in [-0.2, -0.15) is 0 Å². The minimum absolute atomic E-state index is 0.0170. The van der Waals surface area contributed by atoms with Gasteiger partial charge in [0.15, 0.2) is 5.78 Å². The smallest absolute Gasteiger partial charge is 0.411 e. The van der Waals surface area contributed by atoms with Crippen LogP contribution in [0.4, 0.5) is 4.79 Å². The highest BCUT2D eigenvalue weighted by Gasteiger charge is 2.41. The number of Topliss-reactive ketones (excluding diaryl/α,β-unsaturated/α-hetero) is 2. The van der Waals surface area contributed by atoms with Crippen LogP contribution < -0.4 is 0 Å². The van der Waals surface area contributed by atoms with E-state index >= 15 is 0 Å². The predicted octanol–water partition coefficient (Wildman–Crippen LogP) is 2.95. The third-order valence-corrected chi connectivity index (χ3v) is 4.70. The molecule has 2 rings (SSSR count). The molecule has 2 atom stereocenters. The van der Waals surface area contributed by atoms with Crippen molar-refractivity contribution in [2.45, 2.75) is 65.2 Å². The molecule has 1 saturated heterocycles. The number of benzene rings is 1. The normalized spacial score (nSPS) is 16.8. The maximum Gasteiger partial charge on any atom is 0.411 e. The summed E-state index contributed by atoms with van der Waals surface area (Å²) in [6.07, 6.45) is -1.64. The van der Waals surface area contributed by atoms with Gasteiger partial charge in [-0.1, -0.05) is 24.3 Å². The summed E-state index contributed by atoms with van der Waals surface area (Å²) >= 11 is 0. The molecule has 1 fully saturated rings. The molecule has 9 nitrogen and oxygen atoms in total. The molecule has 1 unspecified atom stereocenters. The third kappa shape index (κ3) is 6.38. The second-order valence-corrected chi connectivity index (χ2v) is 8.40. The maximum atomic E-state index is 12.9. The van der Waals surface area contributed by atoms with Crippen molar-refractivity contribution in [1.82, 2.24) is 4.90 Å². The predicted molar refractivity (Wildman–Crippen MR) is 113 cm³/mol. The summed E-state index contributed by atoms with van der Waals surface area (Å²) in [5.41, 5.74) is -0.273. The van der Waals surface area contributed by atoms with Crippen LogP contribution in [0.25, 0.3) is 0 Å². The standard InChI is InChI=1S/C23H29NO8/c1-6-30-21(28)19(18(26)16-11-9-15(10-12-16)14(2)25)31-20(27)17-8-7-13-24(17)22(29)32-23(3,4)5/h9-12,17,19H,6-8,13H2,1-5H3/t17-,19?/m0/s1. The van der Waals surface area contributed by atoms with Crippen molar-refractivity contribution >= 4 is 29.6 Å². The Morgan fingerprint density at radius 2 is 1.66 bits per heavy atom. The first-order valence-corrected chi connectivity index (χ1v) is 10.5. The Bertz CT molecular complexity index is 884. The van der Waals surface area contributed by atoms with Crippen molar-refractivity contribution in [3.05, 3.63) is 35.4 Å². The molecule has 174 valence electrons. The Balaban J connectivity index is 2.21. The van der Waals surface area contributed by atoms with E-state index in [0.29, 0.717) is 24.9 Å². The van der Waals surface area contributed by atoms with Gasteiger partial charge in [-0.15, -0.1) is 0 Å². The molecule has 0 spiro atoms. The summed E-state index contributed by atoms with van der Waals surface area (Å²) in [5, 5.41) is 0. The second-order valence-electron chi connectivity index (χ2n) is 8.40. The van der Waals surface area contributed by atoms with Crippen LogP contribution in [0, 0.1) is 0 Å². The van der Waals surface area contributed by atoms with E-state index in [1.54, 1.807) is 27.7 Å². The van der Waals surface area contributed by atoms with Crippen LogP contribution >= 0.6 is 0 Å². The Hall–Kier alpha value is -3.23. The fourth-order valence-corrected chi connectivity index (χ4v) is 3.19. The molecule has 0 aliphatic carbocycles. The summed E-state index contributed by atoms with van der Waals surface area (Å²) in [4.78, 5) is 63.3. The first-order valence-electron chi connectivity index (χ1n) is 10.5. The Morgan fingerprint density at radius 1 is 1.06 bits per heavy atom. The summed E-state index contributed by atoms with van der Waals surface area (Å²) in [7, 11) is 0. The van der Waals surface area contributed by atoms with Crippen molar-refractivity contribution < 1.29 is 38.2 Å². The highest BCUT2D eigenvalue weighted by molar-refractivity contribution is 6.12. The van der Waals surface area contributed by atoms with E-state index in [9.17, 15) is 24.0 Å². The van der Waals surface area contributed by atoms with E-state index in [4.69, 9.17) is 14.2 Å². The number of carbonyl (C=O) groups is 5. The van der Waals surface area contributed by atoms with Crippen LogP contribution in [-0.2, 0) is 23.8 Å². The topological polar surface area (TPSA) is 116 Å². The van der Waals surface area contributed by atoms with E-state index in [-0.39, 0.29) is 18.0 Å². The van der Waals surface area contributed by atoms with Crippen LogP contribution in [-0.4, -0.2) is 65.4 Å². The lowest BCUT2D eigenvalue weighted by Crippen LogP contribution is -2.46. The Kier molecular flexibility index (Phi) is 8.13. The molecule has 9 heteroatoms. The molecule has 1 aliphatic rings. The molecule has 1 aromatic rings. The highest BCUT2D eigenvalue weighted by Crippen LogP contribution is 2.23. The van der Waals surface area contributed by atoms with Crippen LogP contribution in [0.1, 0.15) is 68.2 Å². The molecule has 0 aromatic heterocycles. The molecule has 1 aromatic carbocycles. The number of rotatable bonds is 7. The molecule has 0 radical (unpaired) electrons. The molecule has 0 N–H and O–H groups in total. The molecule has 0 saturated carbocycles. The third-order valence-electron chi connectivity index (χ3n) is 4.70. The van der Waals surface area contributed by atoms with Crippen molar-refractivity contribution in [2.75, 3.05) is 13.2 Å². The first kappa shape index (κ1) is 25.0. The van der Waals surface area contributed by atoms with Gasteiger partial charge in [-0.3, -0.25) is 14.5 Å². The van der Waals surface area contributed by atoms with Crippen molar-refractivity contribution in [3.8, 4) is 0 Å². The largest absolute Gasteiger partial charge is 0.463 e. The number of likely N-dealkylation sites (tertiary alicyclic amines) is 1. The van der Waals surface area contributed by atoms with E-state index in [1.807, 2.05) is 0 Å². The lowest BCUT2D eigenvalue weighted by atomic mass is 10.0. The van der Waals surface area contributed by atoms with E-state index in [2.05, 4.69) is 0 Å². The number of ether oxygens (including phenoxy) is 3. The monoisotopic (exact) mass is 447 g/mol. The Labute approximate surface area is 187 Å². The molecule has 1 heterocycles. The number of amides is 1. The van der Waals surface area contributed by atoms with Gasteiger partial charge >= 0.3 is 18.0 Å². The minimum atomic E-state index is -1.83. The Morgan fingerprint density at radius 3 is 2.19 bits per heavy atom. The lowest BCUT2D eigenvalue weighted by molar-refractivity contribution is -0.166. The lowest BCUT2D eigenvalue weighted by Gasteiger charge is -2.28. The summed E-state index contributed by atoms with van der Waals surface area (Å²) in [6.45, 7) is 8.35. The summed E-state index contributed by atoms with van der Waals surface area (Å²) in [6, 6.07) is 4.67. The van der Waals surface area contributed by atoms with Gasteiger partial charge in [0.05, 0.1) is 6.61 Å². The van der Waals surface area contributed by atoms with E-state index in [0.717, 1.165) is 0 Å². The van der Waals surface area contributed by atoms with Gasteiger partial charge in [0.2, 0.25) is 5.78 Å². The fraction of sp³-hybridized carbons (Fsp3) is 0.522. The number of hydrogen-bond donors (Lipinski definition) is 0. The molecular weight excluding hydrogens is 418 g/mol. The average Bonchev–Trinajstić information content (AvgIpc) is 3.20. The van der Waals surface area contributed by atoms with Gasteiger partial charge in [0.25, 0.3) is 6.10 Å². The molecule has 1 amide bonds. The zero-order valence-electron chi connectivity index (χ0n) is 19.0. The van der Waals surface area contributed by atoms with Gasteiger partial charge in [0.1, 0.15) is 11.6 Å². The number of nitrogens with zero attached hydrogens (tertiary/aromatic N) is 1. The molecule has 1 aliphatic heterocycles. The average molecular weight is 447 g/mol. The van der Waals surface area contributed by atoms with Gasteiger partial charge < -0.3 is 14.2 Å². The highest BCUT2D eigenvalue weighted by atomic mass is 16.6. The van der Waals surface area contributed by atoms with Gasteiger partial charge in [0, 0.05) is 17.7 Å². The summed E-state index contributed by atoms with van der Waals surface area (Å²) in [5.74, 6) is -2.86. The van der Waals surface area contributed by atoms with Crippen LogP contribution in [0.15, 0.2) is 24.3 Å². The SMILES string of the molecule is CCOC(=O)C(OC(=O)[C@@H]1CCCN1C(=O)OC(C)(C)C)C(=O)c1ccc(C(C)=O)cc1. The quantitative estimate of drug-likeness (QED) is 0.271. The second kappa shape index (κ2) is 10.4. The summed E-state index contributed by atoms with van der Waals surface area (Å²) < 4.78 is 15.5.